The average Bonchev–Trinajstić information content (AvgIpc) is 2.83. The molecule has 5 unspecified atom stereocenters. The van der Waals surface area contributed by atoms with Gasteiger partial charge in [-0.05, 0) is 30.2 Å². The van der Waals surface area contributed by atoms with Crippen LogP contribution in [0, 0.1) is 11.8 Å². The van der Waals surface area contributed by atoms with Gasteiger partial charge in [0.25, 0.3) is 0 Å². The molecule has 0 saturated carbocycles. The quantitative estimate of drug-likeness (QED) is 0.182. The van der Waals surface area contributed by atoms with Crippen LogP contribution in [0.1, 0.15) is 58.9 Å². The Kier molecular flexibility index (Phi) is 13.3. The van der Waals surface area contributed by atoms with Gasteiger partial charge >= 0.3 is 5.97 Å². The first-order chi connectivity index (χ1) is 17.3. The largest absolute Gasteiger partial charge is 0.480 e. The molecular formula is C26H41N5O6. The fraction of sp³-hybridized carbons (Fsp3) is 0.577. The van der Waals surface area contributed by atoms with E-state index >= 15 is 0 Å². The normalized spacial score (nSPS) is 15.1. The molecule has 8 N–H and O–H groups in total. The molecule has 206 valence electrons. The van der Waals surface area contributed by atoms with E-state index in [2.05, 4.69) is 16.0 Å². The molecule has 0 bridgehead atoms. The van der Waals surface area contributed by atoms with Crippen molar-refractivity contribution in [2.24, 2.45) is 23.3 Å². The molecule has 0 fully saturated rings. The van der Waals surface area contributed by atoms with Gasteiger partial charge in [-0.25, -0.2) is 4.79 Å². The number of nitrogens with one attached hydrogen (secondary N) is 3. The number of nitrogens with two attached hydrogens (primary N) is 2. The molecule has 11 heteroatoms. The summed E-state index contributed by atoms with van der Waals surface area (Å²) in [7, 11) is 0. The molecule has 0 spiro atoms. The summed E-state index contributed by atoms with van der Waals surface area (Å²) in [5.74, 6) is -3.89. The second-order valence-electron chi connectivity index (χ2n) is 9.76. The van der Waals surface area contributed by atoms with Gasteiger partial charge in [0.15, 0.2) is 0 Å². The fourth-order valence-electron chi connectivity index (χ4n) is 3.71. The molecule has 4 amide bonds. The van der Waals surface area contributed by atoms with Crippen molar-refractivity contribution in [2.75, 3.05) is 0 Å². The van der Waals surface area contributed by atoms with Crippen LogP contribution in [0.3, 0.4) is 0 Å². The molecule has 11 nitrogen and oxygen atoms in total. The van der Waals surface area contributed by atoms with Gasteiger partial charge in [0.1, 0.15) is 18.1 Å². The van der Waals surface area contributed by atoms with Gasteiger partial charge < -0.3 is 32.5 Å². The highest BCUT2D eigenvalue weighted by Gasteiger charge is 2.32. The number of hydrogen-bond donors (Lipinski definition) is 6. The summed E-state index contributed by atoms with van der Waals surface area (Å²) in [5.41, 5.74) is 11.8. The molecule has 37 heavy (non-hydrogen) atoms. The van der Waals surface area contributed by atoms with Crippen LogP contribution in [0.2, 0.25) is 0 Å². The Morgan fingerprint density at radius 2 is 1.49 bits per heavy atom. The first-order valence-electron chi connectivity index (χ1n) is 12.6. The van der Waals surface area contributed by atoms with Crippen molar-refractivity contribution < 1.29 is 29.1 Å². The number of benzene rings is 1. The smallest absolute Gasteiger partial charge is 0.326 e. The van der Waals surface area contributed by atoms with Crippen molar-refractivity contribution >= 4 is 29.6 Å². The van der Waals surface area contributed by atoms with Crippen LogP contribution >= 0.6 is 0 Å². The van der Waals surface area contributed by atoms with Crippen molar-refractivity contribution in [1.82, 2.24) is 16.0 Å². The predicted octanol–water partition coefficient (Wildman–Crippen LogP) is 0.453. The number of aliphatic carboxylic acids is 1. The van der Waals surface area contributed by atoms with E-state index in [1.165, 1.54) is 0 Å². The van der Waals surface area contributed by atoms with E-state index in [9.17, 15) is 29.1 Å². The van der Waals surface area contributed by atoms with Gasteiger partial charge in [0, 0.05) is 12.8 Å². The molecule has 0 radical (unpaired) electrons. The summed E-state index contributed by atoms with van der Waals surface area (Å²) in [4.78, 5) is 61.9. The summed E-state index contributed by atoms with van der Waals surface area (Å²) in [6, 6.07) is 4.65. The van der Waals surface area contributed by atoms with Crippen molar-refractivity contribution in [2.45, 2.75) is 84.0 Å². The van der Waals surface area contributed by atoms with Gasteiger partial charge in [0.2, 0.25) is 23.6 Å². The first kappa shape index (κ1) is 31.6. The zero-order chi connectivity index (χ0) is 28.1. The second-order valence-corrected chi connectivity index (χ2v) is 9.76. The van der Waals surface area contributed by atoms with Crippen molar-refractivity contribution in [3.05, 3.63) is 35.9 Å². The number of hydrogen-bond acceptors (Lipinski definition) is 6. The van der Waals surface area contributed by atoms with Gasteiger partial charge in [-0.15, -0.1) is 0 Å². The molecule has 0 aliphatic heterocycles. The van der Waals surface area contributed by atoms with Crippen molar-refractivity contribution in [3.8, 4) is 0 Å². The highest BCUT2D eigenvalue weighted by molar-refractivity contribution is 5.94. The third-order valence-corrected chi connectivity index (χ3v) is 6.06. The standard InChI is InChI=1S/C26H41N5O6/c1-5-16(4)22(31-23(33)18(27)13-15(2)3)25(35)30-20(14-17-9-7-6-8-10-17)24(34)29-19(26(36)37)11-12-21(28)32/h6-10,15-16,18-20,22H,5,11-14,27H2,1-4H3,(H2,28,32)(H,29,34)(H,30,35)(H,31,33)(H,36,37). The zero-order valence-corrected chi connectivity index (χ0v) is 22.0. The molecule has 1 rings (SSSR count). The van der Waals surface area contributed by atoms with E-state index in [0.29, 0.717) is 12.8 Å². The molecule has 0 saturated heterocycles. The second kappa shape index (κ2) is 15.6. The highest BCUT2D eigenvalue weighted by Crippen LogP contribution is 2.12. The van der Waals surface area contributed by atoms with Crippen LogP contribution in [0.15, 0.2) is 30.3 Å². The Balaban J connectivity index is 3.14. The molecule has 1 aromatic rings. The number of primary amides is 1. The molecule has 0 aromatic heterocycles. The molecule has 0 heterocycles. The minimum atomic E-state index is -1.37. The number of carboxylic acids is 1. The summed E-state index contributed by atoms with van der Waals surface area (Å²) in [5, 5.41) is 17.3. The van der Waals surface area contributed by atoms with E-state index in [1.54, 1.807) is 37.3 Å². The van der Waals surface area contributed by atoms with Crippen LogP contribution in [-0.4, -0.2) is 58.9 Å². The summed E-state index contributed by atoms with van der Waals surface area (Å²) < 4.78 is 0. The topological polar surface area (TPSA) is 194 Å². The van der Waals surface area contributed by atoms with Gasteiger partial charge in [-0.2, -0.15) is 0 Å². The Labute approximate surface area is 218 Å². The van der Waals surface area contributed by atoms with Crippen molar-refractivity contribution in [1.29, 1.82) is 0 Å². The van der Waals surface area contributed by atoms with Gasteiger partial charge in [0.05, 0.1) is 6.04 Å². The average molecular weight is 520 g/mol. The minimum Gasteiger partial charge on any atom is -0.480 e. The maximum atomic E-state index is 13.3. The molecular weight excluding hydrogens is 478 g/mol. The number of rotatable bonds is 16. The third kappa shape index (κ3) is 11.4. The first-order valence-corrected chi connectivity index (χ1v) is 12.6. The minimum absolute atomic E-state index is 0.0780. The highest BCUT2D eigenvalue weighted by atomic mass is 16.4. The van der Waals surface area contributed by atoms with Crippen LogP contribution in [0.4, 0.5) is 0 Å². The lowest BCUT2D eigenvalue weighted by atomic mass is 9.96. The maximum absolute atomic E-state index is 13.3. The van der Waals surface area contributed by atoms with Crippen LogP contribution in [0.5, 0.6) is 0 Å². The maximum Gasteiger partial charge on any atom is 0.326 e. The Morgan fingerprint density at radius 1 is 0.892 bits per heavy atom. The molecule has 0 aliphatic carbocycles. The van der Waals surface area contributed by atoms with E-state index in [0.717, 1.165) is 5.56 Å². The van der Waals surface area contributed by atoms with E-state index in [1.807, 2.05) is 20.8 Å². The van der Waals surface area contributed by atoms with Gasteiger partial charge in [-0.1, -0.05) is 64.4 Å². The zero-order valence-electron chi connectivity index (χ0n) is 22.0. The molecule has 1 aromatic carbocycles. The van der Waals surface area contributed by atoms with Crippen molar-refractivity contribution in [3.63, 3.8) is 0 Å². The number of carboxylic acid groups (broad SMARTS) is 1. The van der Waals surface area contributed by atoms with Gasteiger partial charge in [-0.3, -0.25) is 19.2 Å². The lowest BCUT2D eigenvalue weighted by Gasteiger charge is -2.28. The monoisotopic (exact) mass is 519 g/mol. The van der Waals surface area contributed by atoms with E-state index in [-0.39, 0.29) is 31.1 Å². The number of carbonyl (C=O) groups is 5. The number of carbonyl (C=O) groups excluding carboxylic acids is 4. The Hall–Kier alpha value is -3.47. The molecule has 5 atom stereocenters. The van der Waals surface area contributed by atoms with Crippen LogP contribution in [-0.2, 0) is 30.4 Å². The van der Waals surface area contributed by atoms with E-state index < -0.39 is 53.8 Å². The lowest BCUT2D eigenvalue weighted by Crippen LogP contribution is -2.59. The third-order valence-electron chi connectivity index (χ3n) is 6.06. The Morgan fingerprint density at radius 3 is 2.00 bits per heavy atom. The fourth-order valence-corrected chi connectivity index (χ4v) is 3.71. The van der Waals surface area contributed by atoms with Crippen LogP contribution < -0.4 is 27.4 Å². The SMILES string of the molecule is CCC(C)C(NC(=O)C(N)CC(C)C)C(=O)NC(Cc1ccccc1)C(=O)NC(CCC(N)=O)C(=O)O. The number of amides is 4. The lowest BCUT2D eigenvalue weighted by molar-refractivity contribution is -0.142. The summed E-state index contributed by atoms with van der Waals surface area (Å²) >= 11 is 0. The van der Waals surface area contributed by atoms with Crippen LogP contribution in [0.25, 0.3) is 0 Å². The molecule has 0 aliphatic rings. The van der Waals surface area contributed by atoms with E-state index in [4.69, 9.17) is 11.5 Å². The summed E-state index contributed by atoms with van der Waals surface area (Å²) in [6.45, 7) is 7.55. The summed E-state index contributed by atoms with van der Waals surface area (Å²) in [6.07, 6.45) is 0.672. The Bertz CT molecular complexity index is 923. The predicted molar refractivity (Wildman–Crippen MR) is 139 cm³/mol.